The molecule has 0 bridgehead atoms. The minimum Gasteiger partial charge on any atom is -0.361 e. The Kier molecular flexibility index (Phi) is 5.17. The summed E-state index contributed by atoms with van der Waals surface area (Å²) in [5.41, 5.74) is 1.36. The van der Waals surface area contributed by atoms with Crippen LogP contribution in [0.2, 0.25) is 0 Å². The maximum atomic E-state index is 12.3. The number of amides is 1. The molecule has 0 aromatic carbocycles. The number of carbonyl (C=O) groups excluding carboxylic acids is 1. The van der Waals surface area contributed by atoms with Gasteiger partial charge in [0.25, 0.3) is 5.91 Å². The van der Waals surface area contributed by atoms with E-state index in [1.54, 1.807) is 6.92 Å². The van der Waals surface area contributed by atoms with Crippen LogP contribution in [0.5, 0.6) is 0 Å². The van der Waals surface area contributed by atoms with Crippen molar-refractivity contribution >= 4 is 5.91 Å². The predicted octanol–water partition coefficient (Wildman–Crippen LogP) is 2.15. The molecule has 0 radical (unpaired) electrons. The molecule has 1 aromatic rings. The largest absolute Gasteiger partial charge is 0.361 e. The molecule has 1 atom stereocenters. The fourth-order valence-electron chi connectivity index (χ4n) is 2.96. The number of likely N-dealkylation sites (N-methyl/N-ethyl adjacent to an activating group) is 1. The average Bonchev–Trinajstić information content (AvgIpc) is 2.86. The topological polar surface area (TPSA) is 58.4 Å². The van der Waals surface area contributed by atoms with E-state index in [1.165, 1.54) is 12.8 Å². The smallest absolute Gasteiger partial charge is 0.256 e. The summed E-state index contributed by atoms with van der Waals surface area (Å²) in [7, 11) is 0. The fourth-order valence-corrected chi connectivity index (χ4v) is 2.96. The van der Waals surface area contributed by atoms with Gasteiger partial charge in [0.05, 0.1) is 5.69 Å². The average molecular weight is 279 g/mol. The molecule has 5 heteroatoms. The Labute approximate surface area is 120 Å². The Bertz CT molecular complexity index is 456. The second-order valence-electron chi connectivity index (χ2n) is 5.40. The number of hydrogen-bond donors (Lipinski definition) is 1. The first kappa shape index (κ1) is 15.0. The van der Waals surface area contributed by atoms with Gasteiger partial charge in [0.15, 0.2) is 0 Å². The van der Waals surface area contributed by atoms with E-state index in [1.807, 2.05) is 6.92 Å². The van der Waals surface area contributed by atoms with E-state index in [9.17, 15) is 4.79 Å². The van der Waals surface area contributed by atoms with E-state index >= 15 is 0 Å². The second kappa shape index (κ2) is 6.88. The van der Waals surface area contributed by atoms with Gasteiger partial charge in [-0.2, -0.15) is 0 Å². The molecule has 112 valence electrons. The van der Waals surface area contributed by atoms with Crippen LogP contribution >= 0.6 is 0 Å². The molecule has 1 N–H and O–H groups in total. The van der Waals surface area contributed by atoms with Gasteiger partial charge in [-0.05, 0) is 39.3 Å². The van der Waals surface area contributed by atoms with Crippen LogP contribution in [-0.2, 0) is 6.42 Å². The van der Waals surface area contributed by atoms with Gasteiger partial charge in [0.1, 0.15) is 11.3 Å². The first-order chi connectivity index (χ1) is 9.67. The number of aryl methyl sites for hydroxylation is 2. The molecule has 1 aliphatic heterocycles. The van der Waals surface area contributed by atoms with Crippen molar-refractivity contribution in [3.05, 3.63) is 17.0 Å². The SMILES string of the molecule is CCc1noc(C)c1C(=O)NC[C@@H]1CCCCN1CC. The van der Waals surface area contributed by atoms with Crippen molar-refractivity contribution in [2.45, 2.75) is 52.5 Å². The van der Waals surface area contributed by atoms with Crippen LogP contribution in [0.4, 0.5) is 0 Å². The van der Waals surface area contributed by atoms with Gasteiger partial charge in [-0.3, -0.25) is 9.69 Å². The number of hydrogen-bond acceptors (Lipinski definition) is 4. The van der Waals surface area contributed by atoms with Crippen LogP contribution in [0.15, 0.2) is 4.52 Å². The lowest BCUT2D eigenvalue weighted by molar-refractivity contribution is 0.0915. The van der Waals surface area contributed by atoms with E-state index < -0.39 is 0 Å². The van der Waals surface area contributed by atoms with Crippen LogP contribution in [0, 0.1) is 6.92 Å². The maximum Gasteiger partial charge on any atom is 0.256 e. The van der Waals surface area contributed by atoms with E-state index in [0.29, 0.717) is 30.3 Å². The van der Waals surface area contributed by atoms with Gasteiger partial charge in [-0.15, -0.1) is 0 Å². The van der Waals surface area contributed by atoms with Crippen molar-refractivity contribution in [3.8, 4) is 0 Å². The van der Waals surface area contributed by atoms with Crippen molar-refractivity contribution in [2.75, 3.05) is 19.6 Å². The summed E-state index contributed by atoms with van der Waals surface area (Å²) in [6.07, 6.45) is 4.40. The first-order valence-electron chi connectivity index (χ1n) is 7.64. The van der Waals surface area contributed by atoms with Gasteiger partial charge >= 0.3 is 0 Å². The molecular formula is C15H25N3O2. The number of rotatable bonds is 5. The summed E-state index contributed by atoms with van der Waals surface area (Å²) >= 11 is 0. The monoisotopic (exact) mass is 279 g/mol. The highest BCUT2D eigenvalue weighted by molar-refractivity contribution is 5.96. The zero-order chi connectivity index (χ0) is 14.5. The molecule has 1 amide bonds. The van der Waals surface area contributed by atoms with E-state index in [0.717, 1.165) is 25.2 Å². The Morgan fingerprint density at radius 3 is 2.95 bits per heavy atom. The van der Waals surface area contributed by atoms with Gasteiger partial charge in [0.2, 0.25) is 0 Å². The first-order valence-corrected chi connectivity index (χ1v) is 7.64. The van der Waals surface area contributed by atoms with Crippen molar-refractivity contribution in [2.24, 2.45) is 0 Å². The zero-order valence-corrected chi connectivity index (χ0v) is 12.7. The third kappa shape index (κ3) is 3.20. The summed E-state index contributed by atoms with van der Waals surface area (Å²) in [5.74, 6) is 0.553. The Morgan fingerprint density at radius 2 is 2.25 bits per heavy atom. The number of aromatic nitrogens is 1. The van der Waals surface area contributed by atoms with Gasteiger partial charge in [-0.1, -0.05) is 25.4 Å². The molecule has 2 heterocycles. The van der Waals surface area contributed by atoms with Crippen molar-refractivity contribution in [1.29, 1.82) is 0 Å². The Balaban J connectivity index is 1.96. The van der Waals surface area contributed by atoms with Crippen LogP contribution in [0.3, 0.4) is 0 Å². The highest BCUT2D eigenvalue weighted by atomic mass is 16.5. The quantitative estimate of drug-likeness (QED) is 0.897. The number of likely N-dealkylation sites (tertiary alicyclic amines) is 1. The van der Waals surface area contributed by atoms with E-state index in [-0.39, 0.29) is 5.91 Å². The molecule has 0 unspecified atom stereocenters. The van der Waals surface area contributed by atoms with Gasteiger partial charge in [-0.25, -0.2) is 0 Å². The molecule has 1 aromatic heterocycles. The summed E-state index contributed by atoms with van der Waals surface area (Å²) in [6, 6.07) is 0.461. The highest BCUT2D eigenvalue weighted by Crippen LogP contribution is 2.17. The molecule has 0 saturated carbocycles. The lowest BCUT2D eigenvalue weighted by Gasteiger charge is -2.34. The Morgan fingerprint density at radius 1 is 1.45 bits per heavy atom. The molecule has 2 rings (SSSR count). The lowest BCUT2D eigenvalue weighted by atomic mass is 10.0. The summed E-state index contributed by atoms with van der Waals surface area (Å²) in [6.45, 7) is 8.85. The minimum atomic E-state index is -0.0535. The van der Waals surface area contributed by atoms with Crippen molar-refractivity contribution in [3.63, 3.8) is 0 Å². The third-order valence-corrected chi connectivity index (χ3v) is 4.15. The van der Waals surface area contributed by atoms with Crippen molar-refractivity contribution < 1.29 is 9.32 Å². The molecule has 0 spiro atoms. The van der Waals surface area contributed by atoms with E-state index in [4.69, 9.17) is 4.52 Å². The van der Waals surface area contributed by atoms with E-state index in [2.05, 4.69) is 22.3 Å². The van der Waals surface area contributed by atoms with Crippen LogP contribution < -0.4 is 5.32 Å². The summed E-state index contributed by atoms with van der Waals surface area (Å²) in [5, 5.41) is 6.99. The number of nitrogens with zero attached hydrogens (tertiary/aromatic N) is 2. The van der Waals surface area contributed by atoms with Crippen molar-refractivity contribution in [1.82, 2.24) is 15.4 Å². The molecule has 1 fully saturated rings. The van der Waals surface area contributed by atoms with Crippen LogP contribution in [0.25, 0.3) is 0 Å². The molecule has 5 nitrogen and oxygen atoms in total. The molecule has 20 heavy (non-hydrogen) atoms. The van der Waals surface area contributed by atoms with Crippen LogP contribution in [-0.4, -0.2) is 41.6 Å². The van der Waals surface area contributed by atoms with Crippen LogP contribution in [0.1, 0.15) is 54.9 Å². The summed E-state index contributed by atoms with van der Waals surface area (Å²) in [4.78, 5) is 14.8. The molecule has 1 saturated heterocycles. The van der Waals surface area contributed by atoms with Gasteiger partial charge < -0.3 is 9.84 Å². The fraction of sp³-hybridized carbons (Fsp3) is 0.733. The third-order valence-electron chi connectivity index (χ3n) is 4.15. The molecule has 0 aliphatic carbocycles. The zero-order valence-electron chi connectivity index (χ0n) is 12.7. The Hall–Kier alpha value is -1.36. The second-order valence-corrected chi connectivity index (χ2v) is 5.40. The van der Waals surface area contributed by atoms with Gasteiger partial charge in [0, 0.05) is 12.6 Å². The summed E-state index contributed by atoms with van der Waals surface area (Å²) < 4.78 is 5.12. The maximum absolute atomic E-state index is 12.3. The molecule has 1 aliphatic rings. The number of piperidine rings is 1. The number of carbonyl (C=O) groups is 1. The molecular weight excluding hydrogens is 254 g/mol. The standard InChI is InChI=1S/C15H25N3O2/c1-4-13-14(11(3)20-17-13)15(19)16-10-12-8-6-7-9-18(12)5-2/h12H,4-10H2,1-3H3,(H,16,19)/t12-/m0/s1. The highest BCUT2D eigenvalue weighted by Gasteiger charge is 2.23. The minimum absolute atomic E-state index is 0.0535. The lowest BCUT2D eigenvalue weighted by Crippen LogP contribution is -2.46. The normalized spacial score (nSPS) is 20.1. The number of nitrogens with one attached hydrogen (secondary N) is 1. The predicted molar refractivity (Wildman–Crippen MR) is 77.8 cm³/mol.